The first-order valence-electron chi connectivity index (χ1n) is 11.0. The molecule has 2 fully saturated rings. The lowest BCUT2D eigenvalue weighted by Gasteiger charge is -2.34. The lowest BCUT2D eigenvalue weighted by Crippen LogP contribution is -2.45. The fourth-order valence-electron chi connectivity index (χ4n) is 4.69. The highest BCUT2D eigenvalue weighted by molar-refractivity contribution is 6.30. The van der Waals surface area contributed by atoms with Crippen LogP contribution in [-0.4, -0.2) is 61.7 Å². The number of hydrogen-bond acceptors (Lipinski definition) is 5. The number of ether oxygens (including phenoxy) is 3. The Morgan fingerprint density at radius 3 is 2.58 bits per heavy atom. The van der Waals surface area contributed by atoms with Gasteiger partial charge in [0, 0.05) is 24.7 Å². The van der Waals surface area contributed by atoms with E-state index in [1.807, 2.05) is 41.3 Å². The first-order valence-corrected chi connectivity index (χ1v) is 11.3. The van der Waals surface area contributed by atoms with Crippen molar-refractivity contribution < 1.29 is 19.0 Å². The third-order valence-corrected chi connectivity index (χ3v) is 6.53. The normalized spacial score (nSPS) is 23.7. The van der Waals surface area contributed by atoms with Gasteiger partial charge in [-0.15, -0.1) is 0 Å². The van der Waals surface area contributed by atoms with Crippen molar-refractivity contribution in [3.05, 3.63) is 58.6 Å². The van der Waals surface area contributed by atoms with Crippen LogP contribution in [0.4, 0.5) is 0 Å². The molecule has 164 valence electrons. The molecule has 0 aliphatic carbocycles. The highest BCUT2D eigenvalue weighted by atomic mass is 35.5. The number of nitrogens with zero attached hydrogens (tertiary/aromatic N) is 2. The number of carbonyl (C=O) groups is 1. The van der Waals surface area contributed by atoms with Gasteiger partial charge in [-0.1, -0.05) is 29.8 Å². The van der Waals surface area contributed by atoms with Crippen LogP contribution in [0.15, 0.2) is 42.5 Å². The molecule has 2 saturated heterocycles. The van der Waals surface area contributed by atoms with Crippen LogP contribution in [0, 0.1) is 0 Å². The predicted molar refractivity (Wildman–Crippen MR) is 118 cm³/mol. The van der Waals surface area contributed by atoms with E-state index in [0.29, 0.717) is 37.9 Å². The van der Waals surface area contributed by atoms with Crippen molar-refractivity contribution in [2.24, 2.45) is 0 Å². The summed E-state index contributed by atoms with van der Waals surface area (Å²) in [5.74, 6) is 1.74. The summed E-state index contributed by atoms with van der Waals surface area (Å²) in [5.41, 5.74) is 2.22. The van der Waals surface area contributed by atoms with Crippen LogP contribution in [0.5, 0.6) is 11.5 Å². The molecule has 0 saturated carbocycles. The number of rotatable bonds is 4. The molecule has 0 bridgehead atoms. The van der Waals surface area contributed by atoms with E-state index in [1.165, 1.54) is 0 Å². The zero-order valence-electron chi connectivity index (χ0n) is 17.5. The van der Waals surface area contributed by atoms with Gasteiger partial charge in [0.25, 0.3) is 0 Å². The average Bonchev–Trinajstić information content (AvgIpc) is 3.30. The fourth-order valence-corrected chi connectivity index (χ4v) is 4.81. The molecule has 2 aromatic rings. The first kappa shape index (κ1) is 20.6. The highest BCUT2D eigenvalue weighted by Crippen LogP contribution is 2.38. The molecule has 3 aliphatic heterocycles. The second kappa shape index (κ2) is 9.07. The van der Waals surface area contributed by atoms with Crippen LogP contribution in [0.2, 0.25) is 5.02 Å². The van der Waals surface area contributed by atoms with Gasteiger partial charge in [0.2, 0.25) is 5.91 Å². The second-order valence-corrected chi connectivity index (χ2v) is 8.73. The third-order valence-electron chi connectivity index (χ3n) is 6.28. The van der Waals surface area contributed by atoms with E-state index in [1.54, 1.807) is 0 Å². The molecule has 2 aromatic carbocycles. The number of carbonyl (C=O) groups excluding carboxylic acids is 1. The van der Waals surface area contributed by atoms with E-state index < -0.39 is 0 Å². The van der Waals surface area contributed by atoms with Crippen LogP contribution < -0.4 is 9.47 Å². The maximum atomic E-state index is 13.2. The molecular weight excluding hydrogens is 416 g/mol. The van der Waals surface area contributed by atoms with Gasteiger partial charge in [0.15, 0.2) is 11.5 Å². The predicted octanol–water partition coefficient (Wildman–Crippen LogP) is 3.85. The summed E-state index contributed by atoms with van der Waals surface area (Å²) in [6.45, 7) is 4.43. The van der Waals surface area contributed by atoms with E-state index in [-0.39, 0.29) is 18.1 Å². The van der Waals surface area contributed by atoms with E-state index in [9.17, 15) is 4.79 Å². The quantitative estimate of drug-likeness (QED) is 0.720. The molecule has 2 unspecified atom stereocenters. The van der Waals surface area contributed by atoms with Crippen molar-refractivity contribution in [1.29, 1.82) is 0 Å². The molecule has 0 N–H and O–H groups in total. The lowest BCUT2D eigenvalue weighted by atomic mass is 10.0. The van der Waals surface area contributed by atoms with E-state index in [2.05, 4.69) is 11.0 Å². The molecular formula is C24H27ClN2O4. The Labute approximate surface area is 187 Å². The number of amides is 1. The van der Waals surface area contributed by atoms with Crippen molar-refractivity contribution in [2.45, 2.75) is 25.0 Å². The Morgan fingerprint density at radius 2 is 1.74 bits per heavy atom. The summed E-state index contributed by atoms with van der Waals surface area (Å²) >= 11 is 6.01. The number of hydrogen-bond donors (Lipinski definition) is 0. The molecule has 1 amide bonds. The molecule has 0 spiro atoms. The Hall–Kier alpha value is -2.28. The zero-order chi connectivity index (χ0) is 21.2. The summed E-state index contributed by atoms with van der Waals surface area (Å²) in [4.78, 5) is 17.5. The van der Waals surface area contributed by atoms with Gasteiger partial charge in [0.1, 0.15) is 13.2 Å². The summed E-state index contributed by atoms with van der Waals surface area (Å²) in [7, 11) is 0. The van der Waals surface area contributed by atoms with Crippen LogP contribution in [0.1, 0.15) is 36.1 Å². The minimum Gasteiger partial charge on any atom is -0.486 e. The molecule has 31 heavy (non-hydrogen) atoms. The third kappa shape index (κ3) is 4.52. The van der Waals surface area contributed by atoms with Crippen molar-refractivity contribution >= 4 is 17.5 Å². The van der Waals surface area contributed by atoms with Crippen LogP contribution in [-0.2, 0) is 9.53 Å². The molecule has 6 nitrogen and oxygen atoms in total. The zero-order valence-corrected chi connectivity index (χ0v) is 18.2. The molecule has 2 atom stereocenters. The van der Waals surface area contributed by atoms with Crippen LogP contribution in [0.25, 0.3) is 0 Å². The van der Waals surface area contributed by atoms with Crippen molar-refractivity contribution in [3.8, 4) is 11.5 Å². The lowest BCUT2D eigenvalue weighted by molar-refractivity contribution is -0.135. The largest absolute Gasteiger partial charge is 0.486 e. The summed E-state index contributed by atoms with van der Waals surface area (Å²) < 4.78 is 17.3. The Kier molecular flexibility index (Phi) is 6.03. The SMILES string of the molecule is O=C(CN1CCOC(c2ccc(Cl)cc2)C1)N1CCCC1c1ccc2c(c1)OCCO2. The van der Waals surface area contributed by atoms with Gasteiger partial charge in [-0.05, 0) is 48.2 Å². The molecule has 3 aliphatic rings. The van der Waals surface area contributed by atoms with Crippen LogP contribution >= 0.6 is 11.6 Å². The van der Waals surface area contributed by atoms with Gasteiger partial charge in [-0.3, -0.25) is 9.69 Å². The average molecular weight is 443 g/mol. The van der Waals surface area contributed by atoms with Crippen molar-refractivity contribution in [3.63, 3.8) is 0 Å². The smallest absolute Gasteiger partial charge is 0.237 e. The Bertz CT molecular complexity index is 936. The fraction of sp³-hybridized carbons (Fsp3) is 0.458. The highest BCUT2D eigenvalue weighted by Gasteiger charge is 2.33. The monoisotopic (exact) mass is 442 g/mol. The van der Waals surface area contributed by atoms with Gasteiger partial charge in [-0.25, -0.2) is 0 Å². The van der Waals surface area contributed by atoms with E-state index in [4.69, 9.17) is 25.8 Å². The number of benzene rings is 2. The van der Waals surface area contributed by atoms with Gasteiger partial charge in [0.05, 0.1) is 25.3 Å². The van der Waals surface area contributed by atoms with Gasteiger partial charge >= 0.3 is 0 Å². The summed E-state index contributed by atoms with van der Waals surface area (Å²) in [5, 5.41) is 0.714. The van der Waals surface area contributed by atoms with Gasteiger partial charge in [-0.2, -0.15) is 0 Å². The molecule has 3 heterocycles. The molecule has 5 rings (SSSR count). The number of halogens is 1. The van der Waals surface area contributed by atoms with Gasteiger partial charge < -0.3 is 19.1 Å². The summed E-state index contributed by atoms with van der Waals surface area (Å²) in [6, 6.07) is 13.9. The maximum absolute atomic E-state index is 13.2. The molecule has 7 heteroatoms. The second-order valence-electron chi connectivity index (χ2n) is 8.29. The molecule has 0 aromatic heterocycles. The first-order chi connectivity index (χ1) is 15.2. The molecule has 0 radical (unpaired) electrons. The van der Waals surface area contributed by atoms with E-state index >= 15 is 0 Å². The Balaban J connectivity index is 1.24. The van der Waals surface area contributed by atoms with Crippen LogP contribution in [0.3, 0.4) is 0 Å². The number of morpholine rings is 1. The minimum atomic E-state index is -0.0361. The number of likely N-dealkylation sites (tertiary alicyclic amines) is 1. The number of fused-ring (bicyclic) bond motifs is 1. The van der Waals surface area contributed by atoms with Crippen molar-refractivity contribution in [2.75, 3.05) is 46.0 Å². The Morgan fingerprint density at radius 1 is 0.968 bits per heavy atom. The minimum absolute atomic E-state index is 0.0361. The summed E-state index contributed by atoms with van der Waals surface area (Å²) in [6.07, 6.45) is 1.95. The maximum Gasteiger partial charge on any atom is 0.237 e. The van der Waals surface area contributed by atoms with Crippen molar-refractivity contribution in [1.82, 2.24) is 9.80 Å². The topological polar surface area (TPSA) is 51.2 Å². The standard InChI is InChI=1S/C24H27ClN2O4/c25-19-6-3-17(4-7-19)23-15-26(10-11-29-23)16-24(28)27-9-1-2-20(27)18-5-8-21-22(14-18)31-13-12-30-21/h3-8,14,20,23H,1-2,9-13,15-16H2. The van der Waals surface area contributed by atoms with E-state index in [0.717, 1.165) is 48.6 Å².